The van der Waals surface area contributed by atoms with Gasteiger partial charge in [-0.25, -0.2) is 0 Å². The molecule has 14 heavy (non-hydrogen) atoms. The van der Waals surface area contributed by atoms with Crippen molar-refractivity contribution in [3.8, 4) is 0 Å². The molecule has 0 nitrogen and oxygen atoms in total. The van der Waals surface area contributed by atoms with Gasteiger partial charge in [0.15, 0.2) is 0 Å². The molecule has 0 amide bonds. The van der Waals surface area contributed by atoms with E-state index in [9.17, 15) is 0 Å². The van der Waals surface area contributed by atoms with E-state index in [1.165, 1.54) is 24.0 Å². The molecule has 0 aromatic heterocycles. The minimum absolute atomic E-state index is 0.583. The first kappa shape index (κ1) is 13.2. The summed E-state index contributed by atoms with van der Waals surface area (Å²) in [5, 5.41) is 0. The summed E-state index contributed by atoms with van der Waals surface area (Å²) in [6, 6.07) is 0. The highest BCUT2D eigenvalue weighted by Crippen LogP contribution is 2.22. The highest BCUT2D eigenvalue weighted by Gasteiger charge is 2.08. The first-order valence-electron chi connectivity index (χ1n) is 5.50. The average molecular weight is 192 g/mol. The summed E-state index contributed by atoms with van der Waals surface area (Å²) in [5.41, 5.74) is 2.42. The number of rotatable bonds is 6. The van der Waals surface area contributed by atoms with E-state index in [1.807, 2.05) is 6.08 Å². The van der Waals surface area contributed by atoms with E-state index >= 15 is 0 Å². The van der Waals surface area contributed by atoms with Crippen LogP contribution in [-0.2, 0) is 0 Å². The largest absolute Gasteiger partial charge is 0.0988 e. The first-order chi connectivity index (χ1) is 6.51. The molecule has 0 fully saturated rings. The molecule has 0 N–H and O–H groups in total. The average Bonchev–Trinajstić information content (AvgIpc) is 2.17. The summed E-state index contributed by atoms with van der Waals surface area (Å²) in [6.07, 6.45) is 6.50. The van der Waals surface area contributed by atoms with E-state index in [1.54, 1.807) is 0 Å². The topological polar surface area (TPSA) is 0 Å². The quantitative estimate of drug-likeness (QED) is 0.533. The van der Waals surface area contributed by atoms with Gasteiger partial charge in [0.2, 0.25) is 0 Å². The molecular formula is C14H24. The standard InChI is InChI=1S/C14H24/c1-7-11(3)9-13(5)14(6)10-12(4)8-2/h7,9,12,14H,1,5,8,10H2,2-4,6H3/b11-9-. The second kappa shape index (κ2) is 6.64. The van der Waals surface area contributed by atoms with E-state index in [-0.39, 0.29) is 0 Å². The predicted molar refractivity (Wildman–Crippen MR) is 66.3 cm³/mol. The Morgan fingerprint density at radius 3 is 2.36 bits per heavy atom. The van der Waals surface area contributed by atoms with Gasteiger partial charge in [0.05, 0.1) is 0 Å². The molecule has 0 heteroatoms. The van der Waals surface area contributed by atoms with Crippen LogP contribution in [-0.4, -0.2) is 0 Å². The molecular weight excluding hydrogens is 168 g/mol. The van der Waals surface area contributed by atoms with Crippen LogP contribution in [0.25, 0.3) is 0 Å². The monoisotopic (exact) mass is 192 g/mol. The summed E-state index contributed by atoms with van der Waals surface area (Å²) in [6.45, 7) is 16.7. The SMILES string of the molecule is C=C/C(C)=C\C(=C)C(C)CC(C)CC. The van der Waals surface area contributed by atoms with E-state index < -0.39 is 0 Å². The summed E-state index contributed by atoms with van der Waals surface area (Å²) < 4.78 is 0. The minimum Gasteiger partial charge on any atom is -0.0988 e. The van der Waals surface area contributed by atoms with Crippen LogP contribution < -0.4 is 0 Å². The molecule has 0 aliphatic carbocycles. The number of hydrogen-bond donors (Lipinski definition) is 0. The van der Waals surface area contributed by atoms with Crippen molar-refractivity contribution >= 4 is 0 Å². The van der Waals surface area contributed by atoms with Crippen LogP contribution in [0, 0.1) is 11.8 Å². The maximum Gasteiger partial charge on any atom is -0.0194 e. The van der Waals surface area contributed by atoms with Gasteiger partial charge < -0.3 is 0 Å². The van der Waals surface area contributed by atoms with Crippen molar-refractivity contribution in [2.45, 2.75) is 40.5 Å². The zero-order chi connectivity index (χ0) is 11.1. The lowest BCUT2D eigenvalue weighted by molar-refractivity contribution is 0.447. The molecule has 2 atom stereocenters. The van der Waals surface area contributed by atoms with Gasteiger partial charge in [-0.1, -0.05) is 63.6 Å². The van der Waals surface area contributed by atoms with Gasteiger partial charge in [0.25, 0.3) is 0 Å². The Labute approximate surface area is 89.4 Å². The van der Waals surface area contributed by atoms with Gasteiger partial charge in [-0.3, -0.25) is 0 Å². The van der Waals surface area contributed by atoms with E-state index in [2.05, 4.69) is 46.9 Å². The first-order valence-corrected chi connectivity index (χ1v) is 5.50. The van der Waals surface area contributed by atoms with Crippen LogP contribution in [0.5, 0.6) is 0 Å². The Balaban J connectivity index is 4.19. The van der Waals surface area contributed by atoms with Gasteiger partial charge in [-0.05, 0) is 25.2 Å². The van der Waals surface area contributed by atoms with E-state index in [0.717, 1.165) is 5.92 Å². The molecule has 0 spiro atoms. The Hall–Kier alpha value is -0.780. The number of hydrogen-bond acceptors (Lipinski definition) is 0. The van der Waals surface area contributed by atoms with Crippen molar-refractivity contribution in [3.05, 3.63) is 36.5 Å². The molecule has 0 heterocycles. The molecule has 0 bridgehead atoms. The molecule has 0 saturated heterocycles. The van der Waals surface area contributed by atoms with Crippen molar-refractivity contribution in [2.75, 3.05) is 0 Å². The Kier molecular flexibility index (Phi) is 6.27. The number of allylic oxidation sites excluding steroid dienone is 4. The molecule has 2 unspecified atom stereocenters. The summed E-state index contributed by atoms with van der Waals surface area (Å²) in [7, 11) is 0. The van der Waals surface area contributed by atoms with Gasteiger partial charge in [0.1, 0.15) is 0 Å². The molecule has 0 aliphatic rings. The smallest absolute Gasteiger partial charge is 0.0194 e. The highest BCUT2D eigenvalue weighted by atomic mass is 14.1. The lowest BCUT2D eigenvalue weighted by atomic mass is 9.89. The lowest BCUT2D eigenvalue weighted by Crippen LogP contribution is -2.03. The summed E-state index contributed by atoms with van der Waals surface area (Å²) in [4.78, 5) is 0. The van der Waals surface area contributed by atoms with Crippen LogP contribution in [0.3, 0.4) is 0 Å². The van der Waals surface area contributed by atoms with Crippen LogP contribution in [0.2, 0.25) is 0 Å². The lowest BCUT2D eigenvalue weighted by Gasteiger charge is -2.16. The Morgan fingerprint density at radius 2 is 1.93 bits per heavy atom. The van der Waals surface area contributed by atoms with Crippen molar-refractivity contribution in [1.29, 1.82) is 0 Å². The molecule has 0 radical (unpaired) electrons. The zero-order valence-electron chi connectivity index (χ0n) is 10.1. The fourth-order valence-electron chi connectivity index (χ4n) is 1.42. The molecule has 0 aromatic rings. The van der Waals surface area contributed by atoms with Crippen LogP contribution >= 0.6 is 0 Å². The third kappa shape index (κ3) is 5.06. The van der Waals surface area contributed by atoms with E-state index in [4.69, 9.17) is 0 Å². The minimum atomic E-state index is 0.583. The molecule has 80 valence electrons. The zero-order valence-corrected chi connectivity index (χ0v) is 10.1. The third-order valence-corrected chi connectivity index (χ3v) is 2.82. The highest BCUT2D eigenvalue weighted by molar-refractivity contribution is 5.27. The predicted octanol–water partition coefficient (Wildman–Crippen LogP) is 4.75. The Morgan fingerprint density at radius 1 is 1.36 bits per heavy atom. The van der Waals surface area contributed by atoms with Crippen molar-refractivity contribution in [2.24, 2.45) is 11.8 Å². The molecule has 0 aliphatic heterocycles. The maximum atomic E-state index is 4.11. The van der Waals surface area contributed by atoms with E-state index in [0.29, 0.717) is 5.92 Å². The van der Waals surface area contributed by atoms with Crippen molar-refractivity contribution in [1.82, 2.24) is 0 Å². The Bertz CT molecular complexity index is 220. The molecule has 0 rings (SSSR count). The van der Waals surface area contributed by atoms with Gasteiger partial charge in [-0.15, -0.1) is 0 Å². The fraction of sp³-hybridized carbons (Fsp3) is 0.571. The fourth-order valence-corrected chi connectivity index (χ4v) is 1.42. The summed E-state index contributed by atoms with van der Waals surface area (Å²) >= 11 is 0. The van der Waals surface area contributed by atoms with Crippen molar-refractivity contribution in [3.63, 3.8) is 0 Å². The second-order valence-corrected chi connectivity index (χ2v) is 4.32. The normalized spacial score (nSPS) is 16.1. The van der Waals surface area contributed by atoms with Crippen LogP contribution in [0.1, 0.15) is 40.5 Å². The summed E-state index contributed by atoms with van der Waals surface area (Å²) in [5.74, 6) is 1.37. The van der Waals surface area contributed by atoms with Gasteiger partial charge >= 0.3 is 0 Å². The van der Waals surface area contributed by atoms with Crippen LogP contribution in [0.15, 0.2) is 36.5 Å². The molecule has 0 aromatic carbocycles. The maximum absolute atomic E-state index is 4.11. The third-order valence-electron chi connectivity index (χ3n) is 2.82. The van der Waals surface area contributed by atoms with Crippen molar-refractivity contribution < 1.29 is 0 Å². The van der Waals surface area contributed by atoms with Gasteiger partial charge in [0, 0.05) is 0 Å². The molecule has 0 saturated carbocycles. The van der Waals surface area contributed by atoms with Crippen LogP contribution in [0.4, 0.5) is 0 Å². The van der Waals surface area contributed by atoms with Gasteiger partial charge in [-0.2, -0.15) is 0 Å². The second-order valence-electron chi connectivity index (χ2n) is 4.32.